The molecular weight excluding hydrogens is 424 g/mol. The van der Waals surface area contributed by atoms with Crippen LogP contribution in [0, 0.1) is 0 Å². The summed E-state index contributed by atoms with van der Waals surface area (Å²) < 4.78 is 17.1. The second-order valence-corrected chi connectivity index (χ2v) is 7.19. The van der Waals surface area contributed by atoms with Gasteiger partial charge in [0.15, 0.2) is 12.3 Å². The molecule has 11 heteroatoms. The van der Waals surface area contributed by atoms with E-state index in [1.54, 1.807) is 18.2 Å². The third-order valence-electron chi connectivity index (χ3n) is 4.78. The van der Waals surface area contributed by atoms with E-state index in [0.29, 0.717) is 0 Å². The molecule has 2 aromatic rings. The van der Waals surface area contributed by atoms with Crippen LogP contribution in [0.5, 0.6) is 0 Å². The summed E-state index contributed by atoms with van der Waals surface area (Å²) >= 11 is 0. The molecular formula is C21H22N2O9. The number of aliphatic hydroxyl groups excluding tert-OH is 1. The van der Waals surface area contributed by atoms with Gasteiger partial charge in [-0.1, -0.05) is 18.2 Å². The number of benzene rings is 1. The second kappa shape index (κ2) is 10.2. The summed E-state index contributed by atoms with van der Waals surface area (Å²) in [5.74, 6) is -1.60. The highest BCUT2D eigenvalue weighted by Gasteiger charge is 2.48. The van der Waals surface area contributed by atoms with E-state index in [1.807, 2.05) is 4.98 Å². The lowest BCUT2D eigenvalue weighted by Crippen LogP contribution is -2.40. The number of H-pyrrole nitrogens is 1. The average Bonchev–Trinajstić information content (AvgIpc) is 3.06. The van der Waals surface area contributed by atoms with Crippen molar-refractivity contribution in [2.75, 3.05) is 6.61 Å². The molecule has 0 spiro atoms. The third-order valence-corrected chi connectivity index (χ3v) is 4.78. The average molecular weight is 446 g/mol. The number of ketones is 1. The zero-order valence-electron chi connectivity index (χ0n) is 17.1. The Labute approximate surface area is 181 Å². The van der Waals surface area contributed by atoms with E-state index < -0.39 is 54.3 Å². The Kier molecular flexibility index (Phi) is 7.33. The number of aliphatic hydroxyl groups is 1. The van der Waals surface area contributed by atoms with Gasteiger partial charge in [-0.25, -0.2) is 9.59 Å². The van der Waals surface area contributed by atoms with Crippen molar-refractivity contribution in [2.45, 2.75) is 44.3 Å². The fourth-order valence-electron chi connectivity index (χ4n) is 3.15. The van der Waals surface area contributed by atoms with Gasteiger partial charge in [-0.3, -0.25) is 19.1 Å². The number of carbonyl (C=O) groups excluding carboxylic acids is 3. The van der Waals surface area contributed by atoms with E-state index in [2.05, 4.69) is 0 Å². The number of nitrogens with one attached hydrogen (secondary N) is 1. The van der Waals surface area contributed by atoms with Gasteiger partial charge in [0.1, 0.15) is 24.6 Å². The van der Waals surface area contributed by atoms with Crippen LogP contribution in [0.15, 0.2) is 52.2 Å². The van der Waals surface area contributed by atoms with Crippen LogP contribution in [0.4, 0.5) is 0 Å². The summed E-state index contributed by atoms with van der Waals surface area (Å²) in [5.41, 5.74) is -1.25. The fraction of sp³-hybridized carbons (Fsp3) is 0.381. The third kappa shape index (κ3) is 5.56. The van der Waals surface area contributed by atoms with E-state index in [4.69, 9.17) is 14.2 Å². The number of nitrogens with zero attached hydrogens (tertiary/aromatic N) is 1. The van der Waals surface area contributed by atoms with Gasteiger partial charge in [-0.2, -0.15) is 0 Å². The van der Waals surface area contributed by atoms with Crippen molar-refractivity contribution in [1.29, 1.82) is 0 Å². The Bertz CT molecular complexity index is 1090. The summed E-state index contributed by atoms with van der Waals surface area (Å²) in [6, 6.07) is 9.09. The Morgan fingerprint density at radius 2 is 1.84 bits per heavy atom. The van der Waals surface area contributed by atoms with Crippen LogP contribution in [0.25, 0.3) is 0 Å². The van der Waals surface area contributed by atoms with Crippen LogP contribution in [-0.2, 0) is 23.8 Å². The maximum atomic E-state index is 12.5. The van der Waals surface area contributed by atoms with Crippen LogP contribution in [0.1, 0.15) is 36.4 Å². The van der Waals surface area contributed by atoms with Crippen molar-refractivity contribution in [2.24, 2.45) is 0 Å². The summed E-state index contributed by atoms with van der Waals surface area (Å²) in [6.07, 6.45) is -4.21. The molecule has 170 valence electrons. The lowest BCUT2D eigenvalue weighted by atomic mass is 10.1. The van der Waals surface area contributed by atoms with Gasteiger partial charge in [-0.05, 0) is 19.1 Å². The van der Waals surface area contributed by atoms with Crippen molar-refractivity contribution in [3.05, 3.63) is 69.0 Å². The Morgan fingerprint density at radius 1 is 1.12 bits per heavy atom. The van der Waals surface area contributed by atoms with Crippen molar-refractivity contribution in [3.8, 4) is 0 Å². The lowest BCUT2D eigenvalue weighted by Gasteiger charge is -2.20. The molecule has 32 heavy (non-hydrogen) atoms. The number of hydrogen-bond donors (Lipinski definition) is 2. The standard InChI is InChI=1S/C21H22N2O9/c1-12(24)7-8-16(26)30-11-14-18(32-20(28)13-5-3-2-4-6-13)17(27)19(31-14)23-10-9-15(25)22-21(23)29/h2-6,9-10,14,17-19,27H,7-8,11H2,1H3,(H,22,25,29). The first-order chi connectivity index (χ1) is 15.3. The molecule has 0 aliphatic carbocycles. The predicted molar refractivity (Wildman–Crippen MR) is 108 cm³/mol. The molecule has 1 aromatic carbocycles. The van der Waals surface area contributed by atoms with E-state index in [1.165, 1.54) is 19.1 Å². The SMILES string of the molecule is CC(=O)CCC(=O)OCC1OC(n2ccc(=O)[nH]c2=O)C(O)C1OC(=O)c1ccccc1. The van der Waals surface area contributed by atoms with Gasteiger partial charge < -0.3 is 24.1 Å². The van der Waals surface area contributed by atoms with Crippen LogP contribution < -0.4 is 11.2 Å². The number of esters is 2. The molecule has 4 atom stereocenters. The number of carbonyl (C=O) groups is 3. The molecule has 3 rings (SSSR count). The highest BCUT2D eigenvalue weighted by atomic mass is 16.6. The number of Topliss-reactive ketones (excluding diaryl/α,β-unsaturated/α-hetero) is 1. The van der Waals surface area contributed by atoms with Crippen molar-refractivity contribution < 1.29 is 33.7 Å². The minimum Gasteiger partial charge on any atom is -0.463 e. The van der Waals surface area contributed by atoms with Gasteiger partial charge in [0.05, 0.1) is 12.0 Å². The number of hydrogen-bond acceptors (Lipinski definition) is 9. The molecule has 2 heterocycles. The molecule has 1 aliphatic heterocycles. The topological polar surface area (TPSA) is 154 Å². The number of aromatic nitrogens is 2. The summed E-state index contributed by atoms with van der Waals surface area (Å²) in [7, 11) is 0. The zero-order chi connectivity index (χ0) is 23.3. The molecule has 4 unspecified atom stereocenters. The molecule has 1 aromatic heterocycles. The molecule has 2 N–H and O–H groups in total. The minimum absolute atomic E-state index is 0.00873. The van der Waals surface area contributed by atoms with Crippen molar-refractivity contribution in [3.63, 3.8) is 0 Å². The van der Waals surface area contributed by atoms with Gasteiger partial charge in [-0.15, -0.1) is 0 Å². The van der Waals surface area contributed by atoms with Crippen molar-refractivity contribution >= 4 is 17.7 Å². The first kappa shape index (κ1) is 23.1. The highest BCUT2D eigenvalue weighted by Crippen LogP contribution is 2.31. The van der Waals surface area contributed by atoms with Crippen LogP contribution in [0.2, 0.25) is 0 Å². The Morgan fingerprint density at radius 3 is 2.50 bits per heavy atom. The van der Waals surface area contributed by atoms with Crippen molar-refractivity contribution in [1.82, 2.24) is 9.55 Å². The number of aromatic amines is 1. The summed E-state index contributed by atoms with van der Waals surface area (Å²) in [4.78, 5) is 60.9. The largest absolute Gasteiger partial charge is 0.463 e. The maximum Gasteiger partial charge on any atom is 0.338 e. The Balaban J connectivity index is 1.79. The predicted octanol–water partition coefficient (Wildman–Crippen LogP) is -0.0671. The molecule has 0 amide bonds. The van der Waals surface area contributed by atoms with E-state index in [0.717, 1.165) is 16.8 Å². The van der Waals surface area contributed by atoms with Crippen LogP contribution >= 0.6 is 0 Å². The quantitative estimate of drug-likeness (QED) is 0.530. The first-order valence-electron chi connectivity index (χ1n) is 9.82. The number of ether oxygens (including phenoxy) is 3. The first-order valence-corrected chi connectivity index (χ1v) is 9.82. The fourth-order valence-corrected chi connectivity index (χ4v) is 3.15. The van der Waals surface area contributed by atoms with Gasteiger partial charge in [0.25, 0.3) is 5.56 Å². The highest BCUT2D eigenvalue weighted by molar-refractivity contribution is 5.89. The summed E-state index contributed by atoms with van der Waals surface area (Å²) in [6.45, 7) is 0.949. The number of rotatable bonds is 8. The molecule has 1 fully saturated rings. The minimum atomic E-state index is -1.51. The molecule has 0 radical (unpaired) electrons. The smallest absolute Gasteiger partial charge is 0.338 e. The van der Waals surface area contributed by atoms with Gasteiger partial charge in [0.2, 0.25) is 0 Å². The van der Waals surface area contributed by atoms with Gasteiger partial charge in [0, 0.05) is 18.7 Å². The molecule has 1 aliphatic rings. The van der Waals surface area contributed by atoms with Crippen LogP contribution in [-0.4, -0.2) is 57.3 Å². The molecule has 11 nitrogen and oxygen atoms in total. The molecule has 0 bridgehead atoms. The lowest BCUT2D eigenvalue weighted by molar-refractivity contribution is -0.151. The zero-order valence-corrected chi connectivity index (χ0v) is 17.1. The van der Waals surface area contributed by atoms with Crippen LogP contribution in [0.3, 0.4) is 0 Å². The van der Waals surface area contributed by atoms with E-state index in [-0.39, 0.29) is 24.2 Å². The van der Waals surface area contributed by atoms with E-state index in [9.17, 15) is 29.1 Å². The molecule has 1 saturated heterocycles. The van der Waals surface area contributed by atoms with Gasteiger partial charge >= 0.3 is 17.6 Å². The monoisotopic (exact) mass is 446 g/mol. The maximum absolute atomic E-state index is 12.5. The molecule has 0 saturated carbocycles. The Hall–Kier alpha value is -3.57. The van der Waals surface area contributed by atoms with E-state index >= 15 is 0 Å². The second-order valence-electron chi connectivity index (χ2n) is 7.19. The summed E-state index contributed by atoms with van der Waals surface area (Å²) in [5, 5.41) is 10.8. The normalized spacial score (nSPS) is 22.3.